The van der Waals surface area contributed by atoms with Crippen molar-refractivity contribution in [2.45, 2.75) is 20.0 Å². The molecule has 0 fully saturated rings. The second kappa shape index (κ2) is 8.19. The van der Waals surface area contributed by atoms with Crippen LogP contribution >= 0.6 is 0 Å². The number of aromatic nitrogens is 2. The van der Waals surface area contributed by atoms with Crippen LogP contribution in [0.4, 0.5) is 4.79 Å². The third kappa shape index (κ3) is 4.41. The minimum Gasteiger partial charge on any atom is -0.467 e. The lowest BCUT2D eigenvalue weighted by Crippen LogP contribution is -2.42. The van der Waals surface area contributed by atoms with Crippen molar-refractivity contribution in [3.63, 3.8) is 0 Å². The number of amides is 3. The van der Waals surface area contributed by atoms with E-state index in [0.29, 0.717) is 25.4 Å². The Morgan fingerprint density at radius 3 is 2.77 bits per heavy atom. The van der Waals surface area contributed by atoms with Crippen molar-refractivity contribution >= 4 is 23.0 Å². The smallest absolute Gasteiger partial charge is 0.315 e. The van der Waals surface area contributed by atoms with Gasteiger partial charge >= 0.3 is 6.03 Å². The number of fused-ring (bicyclic) bond motifs is 1. The zero-order chi connectivity index (χ0) is 18.4. The maximum Gasteiger partial charge on any atom is 0.315 e. The normalized spacial score (nSPS) is 10.7. The fraction of sp³-hybridized carbons (Fsp3) is 0.278. The van der Waals surface area contributed by atoms with Gasteiger partial charge in [-0.15, -0.1) is 0 Å². The molecule has 0 aliphatic rings. The summed E-state index contributed by atoms with van der Waals surface area (Å²) >= 11 is 0. The van der Waals surface area contributed by atoms with Gasteiger partial charge in [0.15, 0.2) is 0 Å². The molecule has 0 saturated heterocycles. The van der Waals surface area contributed by atoms with Gasteiger partial charge in [-0.1, -0.05) is 12.1 Å². The summed E-state index contributed by atoms with van der Waals surface area (Å²) < 4.78 is 7.16. The van der Waals surface area contributed by atoms with Crippen LogP contribution in [-0.2, 0) is 17.9 Å². The monoisotopic (exact) mass is 355 g/mol. The van der Waals surface area contributed by atoms with Crippen LogP contribution in [-0.4, -0.2) is 34.6 Å². The molecule has 0 radical (unpaired) electrons. The lowest BCUT2D eigenvalue weighted by atomic mass is 10.3. The molecule has 2 heterocycles. The molecular formula is C18H21N5O3. The first kappa shape index (κ1) is 17.5. The quantitative estimate of drug-likeness (QED) is 0.598. The molecule has 3 amide bonds. The lowest BCUT2D eigenvalue weighted by Gasteiger charge is -2.10. The Balaban J connectivity index is 1.38. The SMILES string of the molecule is Cc1nc2ccccc2n1CCNC(=O)NCC(=O)NCc1ccco1. The van der Waals surface area contributed by atoms with Crippen LogP contribution in [0.25, 0.3) is 11.0 Å². The molecule has 3 N–H and O–H groups in total. The number of imidazole rings is 1. The summed E-state index contributed by atoms with van der Waals surface area (Å²) in [5, 5.41) is 7.93. The number of carbonyl (C=O) groups excluding carboxylic acids is 2. The molecule has 136 valence electrons. The van der Waals surface area contributed by atoms with Gasteiger partial charge in [0.25, 0.3) is 0 Å². The van der Waals surface area contributed by atoms with Crippen LogP contribution in [0.5, 0.6) is 0 Å². The Hall–Kier alpha value is -3.29. The van der Waals surface area contributed by atoms with Gasteiger partial charge in [-0.2, -0.15) is 0 Å². The van der Waals surface area contributed by atoms with Gasteiger partial charge in [-0.05, 0) is 31.2 Å². The Morgan fingerprint density at radius 2 is 1.96 bits per heavy atom. The number of para-hydroxylation sites is 2. The van der Waals surface area contributed by atoms with E-state index in [9.17, 15) is 9.59 Å². The topological polar surface area (TPSA) is 101 Å². The Bertz CT molecular complexity index is 886. The lowest BCUT2D eigenvalue weighted by molar-refractivity contribution is -0.120. The molecule has 26 heavy (non-hydrogen) atoms. The Morgan fingerprint density at radius 1 is 1.12 bits per heavy atom. The molecule has 8 nitrogen and oxygen atoms in total. The number of rotatable bonds is 7. The van der Waals surface area contributed by atoms with E-state index in [1.165, 1.54) is 0 Å². The first-order valence-electron chi connectivity index (χ1n) is 8.36. The molecule has 2 aromatic heterocycles. The van der Waals surface area contributed by atoms with Gasteiger partial charge in [0.2, 0.25) is 5.91 Å². The number of furan rings is 1. The van der Waals surface area contributed by atoms with E-state index in [1.807, 2.05) is 35.8 Å². The molecule has 8 heteroatoms. The molecule has 0 aliphatic heterocycles. The zero-order valence-corrected chi connectivity index (χ0v) is 14.5. The fourth-order valence-corrected chi connectivity index (χ4v) is 2.64. The highest BCUT2D eigenvalue weighted by Crippen LogP contribution is 2.14. The highest BCUT2D eigenvalue weighted by atomic mass is 16.3. The molecule has 0 saturated carbocycles. The summed E-state index contributed by atoms with van der Waals surface area (Å²) in [5.74, 6) is 1.27. The van der Waals surface area contributed by atoms with Gasteiger partial charge in [0.1, 0.15) is 11.6 Å². The molecule has 3 rings (SSSR count). The van der Waals surface area contributed by atoms with Gasteiger partial charge in [0, 0.05) is 13.1 Å². The number of nitrogens with one attached hydrogen (secondary N) is 3. The first-order chi connectivity index (χ1) is 12.6. The number of hydrogen-bond acceptors (Lipinski definition) is 4. The van der Waals surface area contributed by atoms with Crippen molar-refractivity contribution in [3.05, 3.63) is 54.2 Å². The molecule has 0 unspecified atom stereocenters. The van der Waals surface area contributed by atoms with E-state index >= 15 is 0 Å². The molecule has 1 aromatic carbocycles. The highest BCUT2D eigenvalue weighted by molar-refractivity contribution is 5.83. The van der Waals surface area contributed by atoms with E-state index in [2.05, 4.69) is 20.9 Å². The zero-order valence-electron chi connectivity index (χ0n) is 14.5. The van der Waals surface area contributed by atoms with Crippen LogP contribution in [0, 0.1) is 6.92 Å². The molecular weight excluding hydrogens is 334 g/mol. The number of urea groups is 1. The van der Waals surface area contributed by atoms with E-state index < -0.39 is 0 Å². The Kier molecular flexibility index (Phi) is 5.52. The average Bonchev–Trinajstić information content (AvgIpc) is 3.26. The summed E-state index contributed by atoms with van der Waals surface area (Å²) in [6.07, 6.45) is 1.54. The second-order valence-electron chi connectivity index (χ2n) is 5.76. The van der Waals surface area contributed by atoms with Crippen molar-refractivity contribution in [1.82, 2.24) is 25.5 Å². The summed E-state index contributed by atoms with van der Waals surface area (Å²) in [6.45, 7) is 3.16. The summed E-state index contributed by atoms with van der Waals surface area (Å²) in [4.78, 5) is 28.0. The second-order valence-corrected chi connectivity index (χ2v) is 5.76. The van der Waals surface area contributed by atoms with E-state index in [1.54, 1.807) is 18.4 Å². The van der Waals surface area contributed by atoms with Gasteiger partial charge in [0.05, 0.1) is 30.4 Å². The van der Waals surface area contributed by atoms with Gasteiger partial charge < -0.3 is 24.9 Å². The number of aryl methyl sites for hydroxylation is 1. The molecule has 0 spiro atoms. The van der Waals surface area contributed by atoms with Gasteiger partial charge in [-0.3, -0.25) is 4.79 Å². The van der Waals surface area contributed by atoms with E-state index in [-0.39, 0.29) is 18.5 Å². The van der Waals surface area contributed by atoms with Crippen molar-refractivity contribution in [2.75, 3.05) is 13.1 Å². The molecule has 0 bridgehead atoms. The molecule has 0 aliphatic carbocycles. The van der Waals surface area contributed by atoms with Crippen molar-refractivity contribution in [1.29, 1.82) is 0 Å². The highest BCUT2D eigenvalue weighted by Gasteiger charge is 2.08. The first-order valence-corrected chi connectivity index (χ1v) is 8.36. The third-order valence-corrected chi connectivity index (χ3v) is 3.92. The fourth-order valence-electron chi connectivity index (χ4n) is 2.64. The minimum absolute atomic E-state index is 0.0976. The molecule has 0 atom stereocenters. The maximum atomic E-state index is 11.8. The minimum atomic E-state index is -0.389. The predicted molar refractivity (Wildman–Crippen MR) is 96.4 cm³/mol. The molecule has 3 aromatic rings. The van der Waals surface area contributed by atoms with Crippen LogP contribution in [0.3, 0.4) is 0 Å². The van der Waals surface area contributed by atoms with Crippen molar-refractivity contribution in [2.24, 2.45) is 0 Å². The van der Waals surface area contributed by atoms with Crippen LogP contribution in [0.15, 0.2) is 47.1 Å². The van der Waals surface area contributed by atoms with E-state index in [0.717, 1.165) is 16.9 Å². The predicted octanol–water partition coefficient (Wildman–Crippen LogP) is 1.55. The average molecular weight is 355 g/mol. The summed E-state index contributed by atoms with van der Waals surface area (Å²) in [5.41, 5.74) is 1.96. The maximum absolute atomic E-state index is 11.8. The Labute approximate surface area is 150 Å². The van der Waals surface area contributed by atoms with Gasteiger partial charge in [-0.25, -0.2) is 9.78 Å². The third-order valence-electron chi connectivity index (χ3n) is 3.92. The standard InChI is InChI=1S/C18H21N5O3/c1-13-22-15-6-2-3-7-16(15)23(13)9-8-19-18(25)21-12-17(24)20-11-14-5-4-10-26-14/h2-7,10H,8-9,11-12H2,1H3,(H,20,24)(H2,19,21,25). The summed E-state index contributed by atoms with van der Waals surface area (Å²) in [6, 6.07) is 11.0. The van der Waals surface area contributed by atoms with Crippen molar-refractivity contribution in [3.8, 4) is 0 Å². The van der Waals surface area contributed by atoms with Crippen molar-refractivity contribution < 1.29 is 14.0 Å². The van der Waals surface area contributed by atoms with Crippen LogP contribution in [0.2, 0.25) is 0 Å². The number of carbonyl (C=O) groups is 2. The number of hydrogen-bond donors (Lipinski definition) is 3. The largest absolute Gasteiger partial charge is 0.467 e. The summed E-state index contributed by atoms with van der Waals surface area (Å²) in [7, 11) is 0. The van der Waals surface area contributed by atoms with Crippen LogP contribution in [0.1, 0.15) is 11.6 Å². The number of nitrogens with zero attached hydrogens (tertiary/aromatic N) is 2. The van der Waals surface area contributed by atoms with Crippen LogP contribution < -0.4 is 16.0 Å². The number of benzene rings is 1. The van der Waals surface area contributed by atoms with E-state index in [4.69, 9.17) is 4.42 Å².